The number of nitrogens with zero attached hydrogens (tertiary/aromatic N) is 4. The molecule has 1 aliphatic rings. The van der Waals surface area contributed by atoms with Crippen molar-refractivity contribution in [3.8, 4) is 11.5 Å². The van der Waals surface area contributed by atoms with E-state index in [2.05, 4.69) is 31.3 Å². The summed E-state index contributed by atoms with van der Waals surface area (Å²) < 4.78 is 18.6. The lowest BCUT2D eigenvalue weighted by Crippen LogP contribution is -2.49. The maximum atomic E-state index is 14.6. The molecule has 1 amide bonds. The number of aliphatic hydroxyl groups is 1. The molecule has 0 fully saturated rings. The van der Waals surface area contributed by atoms with Crippen LogP contribution in [-0.4, -0.2) is 42.8 Å². The van der Waals surface area contributed by atoms with E-state index in [1.54, 1.807) is 37.4 Å². The summed E-state index contributed by atoms with van der Waals surface area (Å²) in [4.78, 5) is 22.7. The minimum Gasteiger partial charge on any atom is -0.496 e. The van der Waals surface area contributed by atoms with Gasteiger partial charge in [0.25, 0.3) is 5.91 Å². The van der Waals surface area contributed by atoms with Crippen LogP contribution in [0.2, 0.25) is 0 Å². The maximum Gasteiger partial charge on any atom is 0.252 e. The van der Waals surface area contributed by atoms with Crippen LogP contribution in [0, 0.1) is 0 Å². The summed E-state index contributed by atoms with van der Waals surface area (Å²) in [7, 11) is 1.59. The van der Waals surface area contributed by atoms with E-state index >= 15 is 0 Å². The average molecular weight is 671 g/mol. The minimum atomic E-state index is -1.50. The van der Waals surface area contributed by atoms with Crippen molar-refractivity contribution in [2.24, 2.45) is 10.1 Å². The van der Waals surface area contributed by atoms with Gasteiger partial charge in [0.1, 0.15) is 11.5 Å². The molecular weight excluding hydrogens is 638 g/mol. The molecule has 0 radical (unpaired) electrons. The molecule has 11 heteroatoms. The van der Waals surface area contributed by atoms with Crippen LogP contribution in [0.15, 0.2) is 112 Å². The van der Waals surface area contributed by atoms with Gasteiger partial charge in [-0.05, 0) is 47.5 Å². The summed E-state index contributed by atoms with van der Waals surface area (Å²) in [6.07, 6.45) is -0.252. The highest BCUT2D eigenvalue weighted by Crippen LogP contribution is 2.46. The Labute approximate surface area is 269 Å². The Morgan fingerprint density at radius 2 is 1.76 bits per heavy atom. The van der Waals surface area contributed by atoms with Crippen LogP contribution in [0.25, 0.3) is 10.4 Å². The second kappa shape index (κ2) is 14.8. The van der Waals surface area contributed by atoms with Crippen molar-refractivity contribution in [1.29, 1.82) is 0 Å². The molecular formula is C34H32BrN5O5. The molecule has 0 unspecified atom stereocenters. The molecule has 0 aromatic heterocycles. The lowest BCUT2D eigenvalue weighted by atomic mass is 9.81. The van der Waals surface area contributed by atoms with Gasteiger partial charge < -0.3 is 24.6 Å². The van der Waals surface area contributed by atoms with Gasteiger partial charge in [0.05, 0.1) is 13.7 Å². The van der Waals surface area contributed by atoms with E-state index in [1.165, 1.54) is 0 Å². The van der Waals surface area contributed by atoms with Crippen LogP contribution in [-0.2, 0) is 22.5 Å². The largest absolute Gasteiger partial charge is 0.496 e. The third kappa shape index (κ3) is 7.12. The van der Waals surface area contributed by atoms with Gasteiger partial charge in [-0.2, -0.15) is 0 Å². The van der Waals surface area contributed by atoms with Gasteiger partial charge in [0.2, 0.25) is 5.90 Å². The number of methoxy groups -OCH3 is 1. The van der Waals surface area contributed by atoms with Gasteiger partial charge >= 0.3 is 0 Å². The number of para-hydroxylation sites is 1. The van der Waals surface area contributed by atoms with E-state index in [9.17, 15) is 10.3 Å². The number of rotatable bonds is 13. The Bertz CT molecular complexity index is 1720. The van der Waals surface area contributed by atoms with Crippen LogP contribution in [0.1, 0.15) is 34.8 Å². The number of halogens is 1. The first-order valence-corrected chi connectivity index (χ1v) is 15.2. The fraction of sp³-hybridized carbons (Fsp3) is 0.235. The number of aliphatic imine (C=N–C) groups is 1. The topological polar surface area (TPSA) is 138 Å². The maximum absolute atomic E-state index is 14.6. The number of carbonyl (C=O) groups excluding carboxylic acids is 1. The predicted molar refractivity (Wildman–Crippen MR) is 175 cm³/mol. The first kappa shape index (κ1) is 31.6. The van der Waals surface area contributed by atoms with E-state index in [4.69, 9.17) is 24.3 Å². The normalized spacial score (nSPS) is 17.0. The van der Waals surface area contributed by atoms with E-state index in [0.29, 0.717) is 41.3 Å². The molecule has 0 saturated heterocycles. The van der Waals surface area contributed by atoms with Crippen molar-refractivity contribution >= 4 is 33.4 Å². The van der Waals surface area contributed by atoms with Gasteiger partial charge in [-0.1, -0.05) is 81.7 Å². The summed E-state index contributed by atoms with van der Waals surface area (Å²) in [5, 5.41) is 16.1. The van der Waals surface area contributed by atoms with Crippen LogP contribution >= 0.6 is 15.9 Å². The third-order valence-corrected chi connectivity index (χ3v) is 8.22. The monoisotopic (exact) mass is 669 g/mol. The lowest BCUT2D eigenvalue weighted by Gasteiger charge is -2.31. The number of azide groups is 1. The summed E-state index contributed by atoms with van der Waals surface area (Å²) in [5.41, 5.74) is 11.0. The van der Waals surface area contributed by atoms with Crippen LogP contribution in [0.5, 0.6) is 11.5 Å². The molecule has 0 bridgehead atoms. The van der Waals surface area contributed by atoms with E-state index < -0.39 is 11.6 Å². The highest BCUT2D eigenvalue weighted by atomic mass is 79.9. The lowest BCUT2D eigenvalue weighted by molar-refractivity contribution is -0.129. The third-order valence-electron chi connectivity index (χ3n) is 7.45. The molecule has 4 aromatic carbocycles. The molecule has 2 atom stereocenters. The van der Waals surface area contributed by atoms with E-state index in [1.807, 2.05) is 66.7 Å². The SMILES string of the molecule is COc1ccccc1CNC(=O)[C@]1(Cc2ccccc2Br)N=C(c2ccc(OCCCO)cc2)O[C@@H]1c1ccccc1N=[N+]=[N-]. The molecule has 0 saturated carbocycles. The predicted octanol–water partition coefficient (Wildman–Crippen LogP) is 6.98. The van der Waals surface area contributed by atoms with Crippen molar-refractivity contribution in [3.63, 3.8) is 0 Å². The number of aliphatic hydroxyl groups excluding tert-OH is 1. The summed E-state index contributed by atoms with van der Waals surface area (Å²) in [5.74, 6) is 1.17. The van der Waals surface area contributed by atoms with Gasteiger partial charge in [-0.25, -0.2) is 4.99 Å². The molecule has 230 valence electrons. The Morgan fingerprint density at radius 1 is 1.04 bits per heavy atom. The zero-order valence-corrected chi connectivity index (χ0v) is 26.2. The van der Waals surface area contributed by atoms with Gasteiger partial charge in [0, 0.05) is 57.8 Å². The first-order chi connectivity index (χ1) is 22.0. The molecule has 0 spiro atoms. The highest BCUT2D eigenvalue weighted by molar-refractivity contribution is 9.10. The highest BCUT2D eigenvalue weighted by Gasteiger charge is 2.54. The zero-order chi connectivity index (χ0) is 31.6. The van der Waals surface area contributed by atoms with Crippen molar-refractivity contribution in [3.05, 3.63) is 134 Å². The molecule has 5 rings (SSSR count). The number of benzene rings is 4. The second-order valence-corrected chi connectivity index (χ2v) is 11.2. The second-order valence-electron chi connectivity index (χ2n) is 10.3. The molecule has 45 heavy (non-hydrogen) atoms. The fourth-order valence-electron chi connectivity index (χ4n) is 5.22. The number of ether oxygens (including phenoxy) is 3. The molecule has 1 heterocycles. The van der Waals surface area contributed by atoms with Gasteiger partial charge in [-0.15, -0.1) is 0 Å². The Hall–Kier alpha value is -4.83. The van der Waals surface area contributed by atoms with Gasteiger partial charge in [-0.3, -0.25) is 4.79 Å². The van der Waals surface area contributed by atoms with E-state index in [-0.39, 0.29) is 31.4 Å². The Kier molecular flexibility index (Phi) is 10.4. The summed E-state index contributed by atoms with van der Waals surface area (Å²) >= 11 is 3.65. The first-order valence-electron chi connectivity index (χ1n) is 14.4. The quantitative estimate of drug-likeness (QED) is 0.0685. The number of hydrogen-bond acceptors (Lipinski definition) is 7. The van der Waals surface area contributed by atoms with Crippen molar-refractivity contribution in [1.82, 2.24) is 5.32 Å². The fourth-order valence-corrected chi connectivity index (χ4v) is 5.64. The average Bonchev–Trinajstić information content (AvgIpc) is 3.46. The Morgan fingerprint density at radius 3 is 2.49 bits per heavy atom. The van der Waals surface area contributed by atoms with Crippen LogP contribution in [0.4, 0.5) is 5.69 Å². The number of nitrogens with one attached hydrogen (secondary N) is 1. The van der Waals surface area contributed by atoms with E-state index in [0.717, 1.165) is 15.6 Å². The molecule has 1 aliphatic heterocycles. The molecule has 10 nitrogen and oxygen atoms in total. The van der Waals surface area contributed by atoms with Crippen LogP contribution in [0.3, 0.4) is 0 Å². The van der Waals surface area contributed by atoms with Crippen molar-refractivity contribution < 1.29 is 24.1 Å². The standard InChI is InChI=1S/C34H32BrN5O5/c1-43-30-14-7-3-10-25(30)22-37-33(42)34(21-24-9-2-5-12-28(24)35)31(27-11-4-6-13-29(27)39-40-36)45-32(38-34)23-15-17-26(18-16-23)44-20-8-19-41/h2-7,9-18,31,41H,8,19-22H2,1H3,(H,37,42)/t31-,34-/m1/s1. The molecule has 4 aromatic rings. The number of carbonyl (C=O) groups is 1. The van der Waals surface area contributed by atoms with Gasteiger partial charge in [0.15, 0.2) is 11.6 Å². The van der Waals surface area contributed by atoms with Crippen molar-refractivity contribution in [2.75, 3.05) is 20.3 Å². The smallest absolute Gasteiger partial charge is 0.252 e. The van der Waals surface area contributed by atoms with Crippen LogP contribution < -0.4 is 14.8 Å². The molecule has 2 N–H and O–H groups in total. The Balaban J connectivity index is 1.62. The minimum absolute atomic E-state index is 0.0418. The number of hydrogen-bond donors (Lipinski definition) is 2. The summed E-state index contributed by atoms with van der Waals surface area (Å²) in [6, 6.07) is 29.4. The zero-order valence-electron chi connectivity index (χ0n) is 24.6. The summed E-state index contributed by atoms with van der Waals surface area (Å²) in [6.45, 7) is 0.614. The van der Waals surface area contributed by atoms with Crippen molar-refractivity contribution in [2.45, 2.75) is 31.0 Å². The number of amides is 1. The molecule has 0 aliphatic carbocycles.